The van der Waals surface area contributed by atoms with Crippen molar-refractivity contribution in [1.29, 1.82) is 0 Å². The molecule has 21 heavy (non-hydrogen) atoms. The summed E-state index contributed by atoms with van der Waals surface area (Å²) < 4.78 is 0. The second-order valence-electron chi connectivity index (χ2n) is 5.68. The first-order valence-corrected chi connectivity index (χ1v) is 8.60. The Morgan fingerprint density at radius 2 is 1.95 bits per heavy atom. The van der Waals surface area contributed by atoms with Crippen molar-refractivity contribution in [2.45, 2.75) is 49.3 Å². The largest absolute Gasteiger partial charge is 0.380 e. The van der Waals surface area contributed by atoms with E-state index in [0.717, 1.165) is 17.5 Å². The number of rotatable bonds is 5. The highest BCUT2D eigenvalue weighted by Crippen LogP contribution is 2.38. The summed E-state index contributed by atoms with van der Waals surface area (Å²) in [5.74, 6) is 0. The summed E-state index contributed by atoms with van der Waals surface area (Å²) in [4.78, 5) is 5.73. The molecule has 1 heterocycles. The van der Waals surface area contributed by atoms with Crippen LogP contribution in [0.4, 0.5) is 5.69 Å². The Kier molecular flexibility index (Phi) is 4.81. The van der Waals surface area contributed by atoms with Crippen LogP contribution in [0, 0.1) is 6.92 Å². The van der Waals surface area contributed by atoms with Crippen LogP contribution in [0.1, 0.15) is 36.9 Å². The molecular formula is C18H22N2S. The highest BCUT2D eigenvalue weighted by atomic mass is 32.2. The average Bonchev–Trinajstić information content (AvgIpc) is 3.01. The van der Waals surface area contributed by atoms with Gasteiger partial charge in [-0.15, -0.1) is 11.8 Å². The second kappa shape index (κ2) is 6.99. The molecular weight excluding hydrogens is 276 g/mol. The van der Waals surface area contributed by atoms with Crippen molar-refractivity contribution in [3.8, 4) is 0 Å². The normalized spacial score (nSPS) is 15.3. The van der Waals surface area contributed by atoms with Gasteiger partial charge in [-0.05, 0) is 43.5 Å². The Balaban J connectivity index is 1.65. The number of hydrogen-bond acceptors (Lipinski definition) is 3. The third-order valence-electron chi connectivity index (χ3n) is 3.94. The maximum atomic E-state index is 4.35. The minimum atomic E-state index is 0.800. The Morgan fingerprint density at radius 3 is 2.71 bits per heavy atom. The van der Waals surface area contributed by atoms with Crippen molar-refractivity contribution in [2.24, 2.45) is 0 Å². The number of thioether (sulfide) groups is 1. The van der Waals surface area contributed by atoms with E-state index in [1.54, 1.807) is 0 Å². The summed E-state index contributed by atoms with van der Waals surface area (Å²) in [6.45, 7) is 2.85. The van der Waals surface area contributed by atoms with E-state index in [1.807, 2.05) is 24.9 Å². The number of aryl methyl sites for hydroxylation is 1. The van der Waals surface area contributed by atoms with E-state index >= 15 is 0 Å². The van der Waals surface area contributed by atoms with Gasteiger partial charge in [0.25, 0.3) is 0 Å². The van der Waals surface area contributed by atoms with Crippen LogP contribution < -0.4 is 5.32 Å². The van der Waals surface area contributed by atoms with E-state index in [-0.39, 0.29) is 0 Å². The van der Waals surface area contributed by atoms with E-state index in [1.165, 1.54) is 41.8 Å². The highest BCUT2D eigenvalue weighted by Gasteiger charge is 2.17. The molecule has 0 aliphatic heterocycles. The Bertz CT molecular complexity index is 574. The van der Waals surface area contributed by atoms with Gasteiger partial charge in [0.15, 0.2) is 0 Å². The van der Waals surface area contributed by atoms with Crippen LogP contribution >= 0.6 is 11.8 Å². The molecule has 0 bridgehead atoms. The van der Waals surface area contributed by atoms with Crippen LogP contribution in [0.5, 0.6) is 0 Å². The van der Waals surface area contributed by atoms with Gasteiger partial charge in [-0.1, -0.05) is 31.0 Å². The molecule has 1 saturated carbocycles. The lowest BCUT2D eigenvalue weighted by Gasteiger charge is -2.14. The van der Waals surface area contributed by atoms with E-state index in [4.69, 9.17) is 0 Å². The molecule has 2 nitrogen and oxygen atoms in total. The van der Waals surface area contributed by atoms with E-state index < -0.39 is 0 Å². The molecule has 0 spiro atoms. The van der Waals surface area contributed by atoms with Crippen molar-refractivity contribution >= 4 is 17.4 Å². The fraction of sp³-hybridized carbons (Fsp3) is 0.389. The minimum Gasteiger partial charge on any atom is -0.380 e. The lowest BCUT2D eigenvalue weighted by molar-refractivity contribution is 0.886. The maximum Gasteiger partial charge on any atom is 0.0481 e. The molecule has 3 rings (SSSR count). The molecule has 1 fully saturated rings. The van der Waals surface area contributed by atoms with Gasteiger partial charge < -0.3 is 5.32 Å². The van der Waals surface area contributed by atoms with Crippen LogP contribution in [0.15, 0.2) is 47.5 Å². The minimum absolute atomic E-state index is 0.800. The van der Waals surface area contributed by atoms with Crippen LogP contribution in [0.25, 0.3) is 0 Å². The first-order chi connectivity index (χ1) is 10.3. The van der Waals surface area contributed by atoms with Gasteiger partial charge >= 0.3 is 0 Å². The lowest BCUT2D eigenvalue weighted by Crippen LogP contribution is -2.02. The molecule has 3 heteroatoms. The molecule has 1 aromatic heterocycles. The van der Waals surface area contributed by atoms with Gasteiger partial charge in [0.2, 0.25) is 0 Å². The molecule has 110 valence electrons. The third-order valence-corrected chi connectivity index (χ3v) is 5.35. The molecule has 1 aromatic carbocycles. The molecule has 1 aliphatic rings. The van der Waals surface area contributed by atoms with E-state index in [9.17, 15) is 0 Å². The molecule has 0 amide bonds. The summed E-state index contributed by atoms with van der Waals surface area (Å²) in [6, 6.07) is 12.9. The predicted molar refractivity (Wildman–Crippen MR) is 90.9 cm³/mol. The fourth-order valence-electron chi connectivity index (χ4n) is 2.70. The number of nitrogens with zero attached hydrogens (tertiary/aromatic N) is 1. The van der Waals surface area contributed by atoms with Crippen LogP contribution in [0.2, 0.25) is 0 Å². The van der Waals surface area contributed by atoms with Crippen LogP contribution in [0.3, 0.4) is 0 Å². The summed E-state index contributed by atoms with van der Waals surface area (Å²) in [7, 11) is 0. The topological polar surface area (TPSA) is 24.9 Å². The monoisotopic (exact) mass is 298 g/mol. The zero-order valence-electron chi connectivity index (χ0n) is 12.5. The van der Waals surface area contributed by atoms with Crippen molar-refractivity contribution in [1.82, 2.24) is 4.98 Å². The number of para-hydroxylation sites is 1. The molecule has 2 aromatic rings. The van der Waals surface area contributed by atoms with Crippen molar-refractivity contribution in [2.75, 3.05) is 5.32 Å². The zero-order valence-corrected chi connectivity index (χ0v) is 13.3. The molecule has 0 radical (unpaired) electrons. The van der Waals surface area contributed by atoms with Gasteiger partial charge in [-0.25, -0.2) is 0 Å². The Hall–Kier alpha value is -1.48. The molecule has 1 N–H and O–H groups in total. The zero-order chi connectivity index (χ0) is 14.5. The number of benzene rings is 1. The van der Waals surface area contributed by atoms with Gasteiger partial charge in [0, 0.05) is 34.3 Å². The van der Waals surface area contributed by atoms with Crippen LogP contribution in [-0.2, 0) is 6.54 Å². The smallest absolute Gasteiger partial charge is 0.0481 e. The van der Waals surface area contributed by atoms with Crippen molar-refractivity contribution in [3.05, 3.63) is 53.9 Å². The van der Waals surface area contributed by atoms with Crippen molar-refractivity contribution in [3.63, 3.8) is 0 Å². The van der Waals surface area contributed by atoms with Gasteiger partial charge in [-0.2, -0.15) is 0 Å². The van der Waals surface area contributed by atoms with Crippen molar-refractivity contribution < 1.29 is 0 Å². The number of hydrogen-bond donors (Lipinski definition) is 1. The number of pyridine rings is 1. The molecule has 0 saturated heterocycles. The van der Waals surface area contributed by atoms with Gasteiger partial charge in [0.05, 0.1) is 0 Å². The standard InChI is InChI=1S/C18H22N2S/c1-14-10-11-15(12-19-14)13-20-17-8-4-5-9-18(17)21-16-6-2-3-7-16/h4-5,8-12,16,20H,2-3,6-7,13H2,1H3. The highest BCUT2D eigenvalue weighted by molar-refractivity contribution is 8.00. The number of anilines is 1. The van der Waals surface area contributed by atoms with E-state index in [0.29, 0.717) is 0 Å². The summed E-state index contributed by atoms with van der Waals surface area (Å²) in [6.07, 6.45) is 7.46. The number of aromatic nitrogens is 1. The summed E-state index contributed by atoms with van der Waals surface area (Å²) >= 11 is 2.04. The van der Waals surface area contributed by atoms with Gasteiger partial charge in [0.1, 0.15) is 0 Å². The maximum absolute atomic E-state index is 4.35. The summed E-state index contributed by atoms with van der Waals surface area (Å²) in [5, 5.41) is 4.36. The number of nitrogens with one attached hydrogen (secondary N) is 1. The Morgan fingerprint density at radius 1 is 1.14 bits per heavy atom. The third kappa shape index (κ3) is 4.01. The Labute approximate surface area is 131 Å². The van der Waals surface area contributed by atoms with Crippen LogP contribution in [-0.4, -0.2) is 10.2 Å². The van der Waals surface area contributed by atoms with Gasteiger partial charge in [-0.3, -0.25) is 4.98 Å². The average molecular weight is 298 g/mol. The lowest BCUT2D eigenvalue weighted by atomic mass is 10.2. The quantitative estimate of drug-likeness (QED) is 0.837. The molecule has 0 unspecified atom stereocenters. The predicted octanol–water partition coefficient (Wildman–Crippen LogP) is 5.04. The molecule has 1 aliphatic carbocycles. The summed E-state index contributed by atoms with van der Waals surface area (Å²) in [5.41, 5.74) is 3.53. The second-order valence-corrected chi connectivity index (χ2v) is 7.02. The van der Waals surface area contributed by atoms with E-state index in [2.05, 4.69) is 46.7 Å². The fourth-order valence-corrected chi connectivity index (χ4v) is 4.05. The first kappa shape index (κ1) is 14.5. The molecule has 0 atom stereocenters. The SMILES string of the molecule is Cc1ccc(CNc2ccccc2SC2CCCC2)cn1. The first-order valence-electron chi connectivity index (χ1n) is 7.72.